The molecule has 0 unspecified atom stereocenters. The summed E-state index contributed by atoms with van der Waals surface area (Å²) in [4.78, 5) is 25.6. The highest BCUT2D eigenvalue weighted by molar-refractivity contribution is 5.90. The molecule has 7 heteroatoms. The number of carbonyl (C=O) groups is 1. The van der Waals surface area contributed by atoms with Crippen LogP contribution in [0.25, 0.3) is 0 Å². The van der Waals surface area contributed by atoms with Crippen molar-refractivity contribution in [3.05, 3.63) is 58.3 Å². The topological polar surface area (TPSA) is 94.4 Å². The van der Waals surface area contributed by atoms with Crippen LogP contribution in [-0.2, 0) is 10.2 Å². The molecule has 0 radical (unpaired) electrons. The molecule has 2 rings (SSSR count). The van der Waals surface area contributed by atoms with Crippen LogP contribution in [0.3, 0.4) is 0 Å². The molecule has 0 saturated carbocycles. The van der Waals surface area contributed by atoms with Gasteiger partial charge in [-0.1, -0.05) is 32.9 Å². The number of hydrogen-bond acceptors (Lipinski definition) is 5. The van der Waals surface area contributed by atoms with Crippen LogP contribution in [0.2, 0.25) is 0 Å². The van der Waals surface area contributed by atoms with Gasteiger partial charge >= 0.3 is 0 Å². The fourth-order valence-corrected chi connectivity index (χ4v) is 1.95. The van der Waals surface area contributed by atoms with Crippen LogP contribution in [0.4, 0.5) is 11.5 Å². The highest BCUT2D eigenvalue weighted by atomic mass is 16.6. The Morgan fingerprint density at radius 1 is 1.21 bits per heavy atom. The van der Waals surface area contributed by atoms with Crippen molar-refractivity contribution in [3.8, 4) is 5.75 Å². The van der Waals surface area contributed by atoms with Crippen LogP contribution in [0.1, 0.15) is 26.3 Å². The molecule has 0 bridgehead atoms. The molecule has 0 aliphatic rings. The predicted octanol–water partition coefficient (Wildman–Crippen LogP) is 3.30. The van der Waals surface area contributed by atoms with Crippen molar-refractivity contribution >= 4 is 17.4 Å². The van der Waals surface area contributed by atoms with Crippen molar-refractivity contribution in [2.45, 2.75) is 26.2 Å². The molecular weight excluding hydrogens is 310 g/mol. The molecule has 0 aliphatic heterocycles. The predicted molar refractivity (Wildman–Crippen MR) is 90.2 cm³/mol. The molecular formula is C17H19N3O4. The summed E-state index contributed by atoms with van der Waals surface area (Å²) in [5.74, 6) is 0.434. The molecule has 0 fully saturated rings. The summed E-state index contributed by atoms with van der Waals surface area (Å²) in [6, 6.07) is 10.2. The highest BCUT2D eigenvalue weighted by Gasteiger charge is 2.13. The first-order valence-electron chi connectivity index (χ1n) is 7.39. The molecule has 1 aromatic carbocycles. The number of nitrogens with zero attached hydrogens (tertiary/aromatic N) is 2. The summed E-state index contributed by atoms with van der Waals surface area (Å²) in [6.07, 6.45) is 1.09. The zero-order chi connectivity index (χ0) is 17.7. The number of nitro groups is 1. The largest absolute Gasteiger partial charge is 0.484 e. The lowest BCUT2D eigenvalue weighted by Crippen LogP contribution is -2.20. The van der Waals surface area contributed by atoms with Gasteiger partial charge in [0.15, 0.2) is 6.61 Å². The van der Waals surface area contributed by atoms with Crippen molar-refractivity contribution in [3.63, 3.8) is 0 Å². The Kier molecular flexibility index (Phi) is 5.13. The number of nitrogens with one attached hydrogen (secondary N) is 1. The van der Waals surface area contributed by atoms with Gasteiger partial charge in [0.05, 0.1) is 4.92 Å². The first-order chi connectivity index (χ1) is 11.3. The summed E-state index contributed by atoms with van der Waals surface area (Å²) in [5, 5.41) is 13.1. The van der Waals surface area contributed by atoms with E-state index < -0.39 is 10.8 Å². The summed E-state index contributed by atoms with van der Waals surface area (Å²) in [7, 11) is 0. The zero-order valence-electron chi connectivity index (χ0n) is 13.8. The average Bonchev–Trinajstić information content (AvgIpc) is 2.53. The molecule has 7 nitrogen and oxygen atoms in total. The second-order valence-electron chi connectivity index (χ2n) is 6.27. The molecule has 0 saturated heterocycles. The monoisotopic (exact) mass is 329 g/mol. The molecule has 2 aromatic rings. The van der Waals surface area contributed by atoms with Crippen LogP contribution in [0.5, 0.6) is 5.75 Å². The van der Waals surface area contributed by atoms with Crippen LogP contribution in [-0.4, -0.2) is 22.4 Å². The lowest BCUT2D eigenvalue weighted by atomic mass is 9.87. The number of hydrogen-bond donors (Lipinski definition) is 1. The Bertz CT molecular complexity index is 719. The molecule has 126 valence electrons. The van der Waals surface area contributed by atoms with Gasteiger partial charge in [0.1, 0.15) is 17.8 Å². The molecule has 1 N–H and O–H groups in total. The van der Waals surface area contributed by atoms with Crippen molar-refractivity contribution < 1.29 is 14.5 Å². The maximum Gasteiger partial charge on any atom is 0.287 e. The second-order valence-corrected chi connectivity index (χ2v) is 6.27. The van der Waals surface area contributed by atoms with E-state index in [9.17, 15) is 14.9 Å². The fraction of sp³-hybridized carbons (Fsp3) is 0.294. The number of rotatable bonds is 5. The third kappa shape index (κ3) is 4.77. The molecule has 1 aromatic heterocycles. The smallest absolute Gasteiger partial charge is 0.287 e. The minimum absolute atomic E-state index is 0.0531. The van der Waals surface area contributed by atoms with E-state index in [2.05, 4.69) is 31.1 Å². The van der Waals surface area contributed by atoms with Crippen molar-refractivity contribution in [1.29, 1.82) is 0 Å². The van der Waals surface area contributed by atoms with Crippen LogP contribution < -0.4 is 10.1 Å². The summed E-state index contributed by atoms with van der Waals surface area (Å²) >= 11 is 0. The van der Waals surface area contributed by atoms with E-state index >= 15 is 0 Å². The maximum atomic E-state index is 11.8. The van der Waals surface area contributed by atoms with Gasteiger partial charge in [-0.3, -0.25) is 14.9 Å². The van der Waals surface area contributed by atoms with Crippen LogP contribution in [0, 0.1) is 10.1 Å². The van der Waals surface area contributed by atoms with Gasteiger partial charge in [0.2, 0.25) is 0 Å². The maximum absolute atomic E-state index is 11.8. The summed E-state index contributed by atoms with van der Waals surface area (Å²) < 4.78 is 5.42. The first-order valence-corrected chi connectivity index (χ1v) is 7.39. The highest BCUT2D eigenvalue weighted by Crippen LogP contribution is 2.24. The van der Waals surface area contributed by atoms with Gasteiger partial charge in [0, 0.05) is 6.07 Å². The average molecular weight is 329 g/mol. The Hall–Kier alpha value is -2.96. The number of aromatic nitrogens is 1. The van der Waals surface area contributed by atoms with Gasteiger partial charge in [-0.2, -0.15) is 0 Å². The second kappa shape index (κ2) is 7.08. The van der Waals surface area contributed by atoms with Crippen molar-refractivity contribution in [1.82, 2.24) is 4.98 Å². The van der Waals surface area contributed by atoms with Crippen molar-refractivity contribution in [2.24, 2.45) is 0 Å². The first kappa shape index (κ1) is 17.4. The number of anilines is 1. The third-order valence-corrected chi connectivity index (χ3v) is 3.32. The van der Waals surface area contributed by atoms with Gasteiger partial charge < -0.3 is 10.1 Å². The quantitative estimate of drug-likeness (QED) is 0.671. The lowest BCUT2D eigenvalue weighted by molar-refractivity contribution is -0.385. The van der Waals surface area contributed by atoms with Gasteiger partial charge in [-0.05, 0) is 29.2 Å². The Morgan fingerprint density at radius 2 is 1.88 bits per heavy atom. The van der Waals surface area contributed by atoms with Crippen LogP contribution >= 0.6 is 0 Å². The number of ether oxygens (including phenoxy) is 1. The minimum atomic E-state index is -0.553. The molecule has 0 atom stereocenters. The molecule has 1 amide bonds. The standard InChI is InChI=1S/C17H19N3O4/c1-17(2,3)12-4-7-14(8-5-12)24-11-16(21)19-15-9-6-13(10-18-15)20(22)23/h4-10H,11H2,1-3H3,(H,18,19,21). The SMILES string of the molecule is CC(C)(C)c1ccc(OCC(=O)Nc2ccc([N+](=O)[O-])cn2)cc1. The van der Waals surface area contributed by atoms with E-state index in [4.69, 9.17) is 4.74 Å². The van der Waals surface area contributed by atoms with Gasteiger partial charge in [0.25, 0.3) is 11.6 Å². The van der Waals surface area contributed by atoms with Crippen molar-refractivity contribution in [2.75, 3.05) is 11.9 Å². The minimum Gasteiger partial charge on any atom is -0.484 e. The van der Waals surface area contributed by atoms with E-state index in [1.165, 1.54) is 17.7 Å². The fourth-order valence-electron chi connectivity index (χ4n) is 1.95. The normalized spacial score (nSPS) is 11.0. The lowest BCUT2D eigenvalue weighted by Gasteiger charge is -2.19. The molecule has 0 spiro atoms. The Labute approximate surface area is 139 Å². The van der Waals surface area contributed by atoms with E-state index in [0.29, 0.717) is 5.75 Å². The van der Waals surface area contributed by atoms with Gasteiger partial charge in [-0.15, -0.1) is 0 Å². The third-order valence-electron chi connectivity index (χ3n) is 3.32. The molecule has 0 aliphatic carbocycles. The number of carbonyl (C=O) groups excluding carboxylic acids is 1. The Balaban J connectivity index is 1.87. The Morgan fingerprint density at radius 3 is 2.38 bits per heavy atom. The number of benzene rings is 1. The summed E-state index contributed by atoms with van der Waals surface area (Å²) in [6.45, 7) is 6.18. The van der Waals surface area contributed by atoms with Crippen LogP contribution in [0.15, 0.2) is 42.6 Å². The van der Waals surface area contributed by atoms with E-state index in [1.54, 1.807) is 0 Å². The van der Waals surface area contributed by atoms with E-state index in [0.717, 1.165) is 6.20 Å². The van der Waals surface area contributed by atoms with E-state index in [-0.39, 0.29) is 23.5 Å². The number of amides is 1. The van der Waals surface area contributed by atoms with E-state index in [1.807, 2.05) is 24.3 Å². The van der Waals surface area contributed by atoms with Gasteiger partial charge in [-0.25, -0.2) is 4.98 Å². The summed E-state index contributed by atoms with van der Waals surface area (Å²) in [5.41, 5.74) is 1.09. The zero-order valence-corrected chi connectivity index (χ0v) is 13.8. The molecule has 1 heterocycles. The molecule has 24 heavy (non-hydrogen) atoms. The number of pyridine rings is 1.